The number of benzene rings is 1. The van der Waals surface area contributed by atoms with E-state index >= 15 is 0 Å². The van der Waals surface area contributed by atoms with Crippen LogP contribution in [0.25, 0.3) is 0 Å². The van der Waals surface area contributed by atoms with E-state index in [0.717, 1.165) is 39.0 Å². The lowest BCUT2D eigenvalue weighted by molar-refractivity contribution is -0.0195. The van der Waals surface area contributed by atoms with Crippen LogP contribution in [0.15, 0.2) is 30.3 Å². The van der Waals surface area contributed by atoms with E-state index in [9.17, 15) is 5.11 Å². The molecule has 1 aromatic carbocycles. The lowest BCUT2D eigenvalue weighted by atomic mass is 10.2. The summed E-state index contributed by atoms with van der Waals surface area (Å²) in [7, 11) is 0. The number of aliphatic hydroxyl groups is 1. The smallest absolute Gasteiger partial charge is 0.101 e. The fraction of sp³-hybridized carbons (Fsp3) is 0.647. The van der Waals surface area contributed by atoms with Gasteiger partial charge in [-0.15, -0.1) is 0 Å². The van der Waals surface area contributed by atoms with E-state index in [1.165, 1.54) is 5.56 Å². The highest BCUT2D eigenvalue weighted by molar-refractivity contribution is 5.14. The largest absolute Gasteiger partial charge is 0.388 e. The van der Waals surface area contributed by atoms with Gasteiger partial charge in [-0.1, -0.05) is 43.7 Å². The first-order valence-corrected chi connectivity index (χ1v) is 7.91. The second-order valence-corrected chi connectivity index (χ2v) is 5.17. The third kappa shape index (κ3) is 10.4. The van der Waals surface area contributed by atoms with E-state index in [1.807, 2.05) is 18.2 Å². The zero-order chi connectivity index (χ0) is 15.2. The van der Waals surface area contributed by atoms with Crippen LogP contribution in [0, 0.1) is 0 Å². The summed E-state index contributed by atoms with van der Waals surface area (Å²) in [5.41, 5.74) is 1.29. The van der Waals surface area contributed by atoms with Crippen LogP contribution in [0.1, 0.15) is 31.7 Å². The molecule has 0 aliphatic carbocycles. The summed E-state index contributed by atoms with van der Waals surface area (Å²) in [6.07, 6.45) is 2.58. The van der Waals surface area contributed by atoms with Gasteiger partial charge in [-0.05, 0) is 24.9 Å². The molecule has 4 nitrogen and oxygen atoms in total. The van der Waals surface area contributed by atoms with Gasteiger partial charge in [0.1, 0.15) is 6.10 Å². The molecule has 1 aromatic rings. The molecule has 0 saturated carbocycles. The number of unbranched alkanes of at least 4 members (excludes halogenated alkanes) is 1. The zero-order valence-corrected chi connectivity index (χ0v) is 13.1. The number of ether oxygens (including phenoxy) is 2. The van der Waals surface area contributed by atoms with Crippen molar-refractivity contribution < 1.29 is 14.6 Å². The maximum atomic E-state index is 9.63. The van der Waals surface area contributed by atoms with Crippen LogP contribution in [0.4, 0.5) is 0 Å². The molecule has 120 valence electrons. The Bertz CT molecular complexity index is 332. The van der Waals surface area contributed by atoms with Gasteiger partial charge in [-0.3, -0.25) is 0 Å². The molecule has 0 heterocycles. The molecule has 0 spiro atoms. The van der Waals surface area contributed by atoms with Gasteiger partial charge in [0.05, 0.1) is 13.2 Å². The first-order chi connectivity index (χ1) is 10.3. The second-order valence-electron chi connectivity index (χ2n) is 5.17. The van der Waals surface area contributed by atoms with Gasteiger partial charge in [0, 0.05) is 19.8 Å². The normalized spacial score (nSPS) is 12.5. The fourth-order valence-corrected chi connectivity index (χ4v) is 1.86. The standard InChI is InChI=1S/C17H29NO3/c1-2-3-11-20-14-17(19)15-21-12-7-10-18-13-16-8-5-4-6-9-16/h4-6,8-9,17-19H,2-3,7,10-15H2,1H3. The Morgan fingerprint density at radius 1 is 1.05 bits per heavy atom. The van der Waals surface area contributed by atoms with Gasteiger partial charge < -0.3 is 19.9 Å². The van der Waals surface area contributed by atoms with Gasteiger partial charge in [-0.2, -0.15) is 0 Å². The SMILES string of the molecule is CCCCOCC(O)COCCCNCc1ccccc1. The molecule has 1 atom stereocenters. The highest BCUT2D eigenvalue weighted by Gasteiger charge is 2.03. The van der Waals surface area contributed by atoms with Gasteiger partial charge >= 0.3 is 0 Å². The summed E-state index contributed by atoms with van der Waals surface area (Å²) in [4.78, 5) is 0. The highest BCUT2D eigenvalue weighted by Crippen LogP contribution is 1.97. The molecule has 0 fully saturated rings. The molecule has 0 saturated heterocycles. The molecule has 0 aliphatic rings. The van der Waals surface area contributed by atoms with Gasteiger partial charge in [0.15, 0.2) is 0 Å². The van der Waals surface area contributed by atoms with E-state index in [4.69, 9.17) is 9.47 Å². The van der Waals surface area contributed by atoms with E-state index < -0.39 is 6.10 Å². The van der Waals surface area contributed by atoms with Gasteiger partial charge in [-0.25, -0.2) is 0 Å². The van der Waals surface area contributed by atoms with Crippen molar-refractivity contribution in [3.8, 4) is 0 Å². The van der Waals surface area contributed by atoms with Crippen molar-refractivity contribution in [3.05, 3.63) is 35.9 Å². The summed E-state index contributed by atoms with van der Waals surface area (Å²) >= 11 is 0. The molecule has 0 radical (unpaired) electrons. The molecule has 0 aliphatic heterocycles. The number of hydrogen-bond acceptors (Lipinski definition) is 4. The van der Waals surface area contributed by atoms with Crippen LogP contribution in [-0.2, 0) is 16.0 Å². The van der Waals surface area contributed by atoms with Crippen molar-refractivity contribution in [1.82, 2.24) is 5.32 Å². The Kier molecular flexibility index (Phi) is 11.0. The van der Waals surface area contributed by atoms with Crippen molar-refractivity contribution >= 4 is 0 Å². The number of hydrogen-bond donors (Lipinski definition) is 2. The first-order valence-electron chi connectivity index (χ1n) is 7.91. The number of rotatable bonds is 13. The van der Waals surface area contributed by atoms with E-state index in [1.54, 1.807) is 0 Å². The molecular weight excluding hydrogens is 266 g/mol. The van der Waals surface area contributed by atoms with Crippen molar-refractivity contribution in [2.24, 2.45) is 0 Å². The third-order valence-corrected chi connectivity index (χ3v) is 3.08. The van der Waals surface area contributed by atoms with Crippen LogP contribution in [-0.4, -0.2) is 44.2 Å². The van der Waals surface area contributed by atoms with Gasteiger partial charge in [0.2, 0.25) is 0 Å². The molecule has 1 unspecified atom stereocenters. The topological polar surface area (TPSA) is 50.7 Å². The monoisotopic (exact) mass is 295 g/mol. The highest BCUT2D eigenvalue weighted by atomic mass is 16.5. The predicted molar refractivity (Wildman–Crippen MR) is 85.3 cm³/mol. The number of nitrogens with one attached hydrogen (secondary N) is 1. The quantitative estimate of drug-likeness (QED) is 0.549. The Hall–Kier alpha value is -0.940. The van der Waals surface area contributed by atoms with Crippen LogP contribution < -0.4 is 5.32 Å². The second kappa shape index (κ2) is 12.8. The lowest BCUT2D eigenvalue weighted by Gasteiger charge is -2.12. The summed E-state index contributed by atoms with van der Waals surface area (Å²) < 4.78 is 10.8. The Balaban J connectivity index is 1.86. The summed E-state index contributed by atoms with van der Waals surface area (Å²) in [6.45, 7) is 6.02. The Morgan fingerprint density at radius 2 is 1.71 bits per heavy atom. The van der Waals surface area contributed by atoms with E-state index in [0.29, 0.717) is 19.8 Å². The molecule has 0 aromatic heterocycles. The van der Waals surface area contributed by atoms with Crippen molar-refractivity contribution in [3.63, 3.8) is 0 Å². The fourth-order valence-electron chi connectivity index (χ4n) is 1.86. The van der Waals surface area contributed by atoms with Crippen LogP contribution in [0.3, 0.4) is 0 Å². The minimum atomic E-state index is -0.515. The van der Waals surface area contributed by atoms with Crippen LogP contribution in [0.2, 0.25) is 0 Å². The molecule has 0 amide bonds. The average Bonchev–Trinajstić information content (AvgIpc) is 2.51. The zero-order valence-electron chi connectivity index (χ0n) is 13.1. The lowest BCUT2D eigenvalue weighted by Crippen LogP contribution is -2.23. The van der Waals surface area contributed by atoms with Crippen molar-refractivity contribution in [2.75, 3.05) is 33.0 Å². The molecule has 1 rings (SSSR count). The minimum absolute atomic E-state index is 0.352. The molecule has 2 N–H and O–H groups in total. The van der Waals surface area contributed by atoms with E-state index in [2.05, 4.69) is 24.4 Å². The summed E-state index contributed by atoms with van der Waals surface area (Å²) in [5, 5.41) is 13.0. The molecular formula is C17H29NO3. The molecule has 21 heavy (non-hydrogen) atoms. The molecule has 0 bridgehead atoms. The molecule has 4 heteroatoms. The summed E-state index contributed by atoms with van der Waals surface area (Å²) in [6, 6.07) is 10.3. The minimum Gasteiger partial charge on any atom is -0.388 e. The Morgan fingerprint density at radius 3 is 2.38 bits per heavy atom. The maximum absolute atomic E-state index is 9.63. The van der Waals surface area contributed by atoms with E-state index in [-0.39, 0.29) is 0 Å². The summed E-state index contributed by atoms with van der Waals surface area (Å²) in [5.74, 6) is 0. The maximum Gasteiger partial charge on any atom is 0.101 e. The first kappa shape index (κ1) is 18.1. The average molecular weight is 295 g/mol. The Labute approximate surface area is 128 Å². The third-order valence-electron chi connectivity index (χ3n) is 3.08. The van der Waals surface area contributed by atoms with Crippen LogP contribution in [0.5, 0.6) is 0 Å². The van der Waals surface area contributed by atoms with Crippen molar-refractivity contribution in [1.29, 1.82) is 0 Å². The van der Waals surface area contributed by atoms with Crippen LogP contribution >= 0.6 is 0 Å². The predicted octanol–water partition coefficient (Wildman–Crippen LogP) is 2.36. The number of aliphatic hydroxyl groups excluding tert-OH is 1. The van der Waals surface area contributed by atoms with Gasteiger partial charge in [0.25, 0.3) is 0 Å². The van der Waals surface area contributed by atoms with Crippen molar-refractivity contribution in [2.45, 2.75) is 38.8 Å².